The first-order valence-corrected chi connectivity index (χ1v) is 8.18. The number of amides is 1. The fraction of sp³-hybridized carbons (Fsp3) is 0.600. The van der Waals surface area contributed by atoms with Gasteiger partial charge in [-0.2, -0.15) is 27.8 Å². The standard InChI is InChI=1S/C15H19F3N6O2/c1-9(2)12(13(25)23-3-5-26-6-4-23)22-11-7-10(15(16,17)18)21-14-19-8-20-24(11)14/h7-9,12,22H,3-6H2,1-2H3. The summed E-state index contributed by atoms with van der Waals surface area (Å²) in [5.74, 6) is -0.530. The van der Waals surface area contributed by atoms with E-state index in [0.29, 0.717) is 26.3 Å². The Morgan fingerprint density at radius 3 is 2.62 bits per heavy atom. The van der Waals surface area contributed by atoms with Gasteiger partial charge in [0.05, 0.1) is 13.2 Å². The third-order valence-corrected chi connectivity index (χ3v) is 4.10. The Labute approximate surface area is 147 Å². The molecule has 0 bridgehead atoms. The first-order chi connectivity index (χ1) is 12.3. The van der Waals surface area contributed by atoms with Crippen LogP contribution in [0.1, 0.15) is 19.5 Å². The predicted molar refractivity (Wildman–Crippen MR) is 85.4 cm³/mol. The quantitative estimate of drug-likeness (QED) is 0.874. The Kier molecular flexibility index (Phi) is 4.99. The van der Waals surface area contributed by atoms with Crippen molar-refractivity contribution in [3.05, 3.63) is 18.1 Å². The summed E-state index contributed by atoms with van der Waals surface area (Å²) in [6, 6.07) is 0.118. The second-order valence-electron chi connectivity index (χ2n) is 6.30. The lowest BCUT2D eigenvalue weighted by molar-refractivity contribution is -0.141. The number of rotatable bonds is 4. The minimum Gasteiger partial charge on any atom is -0.378 e. The molecular formula is C15H19F3N6O2. The molecule has 1 atom stereocenters. The maximum absolute atomic E-state index is 13.1. The van der Waals surface area contributed by atoms with Crippen LogP contribution in [0.25, 0.3) is 5.78 Å². The van der Waals surface area contributed by atoms with Crippen molar-refractivity contribution >= 4 is 17.5 Å². The van der Waals surface area contributed by atoms with E-state index in [0.717, 1.165) is 16.9 Å². The van der Waals surface area contributed by atoms with Crippen LogP contribution in [0.2, 0.25) is 0 Å². The monoisotopic (exact) mass is 372 g/mol. The van der Waals surface area contributed by atoms with Gasteiger partial charge in [0.15, 0.2) is 5.69 Å². The third-order valence-electron chi connectivity index (χ3n) is 4.10. The summed E-state index contributed by atoms with van der Waals surface area (Å²) in [4.78, 5) is 21.7. The van der Waals surface area contributed by atoms with Crippen LogP contribution in [0.15, 0.2) is 12.4 Å². The summed E-state index contributed by atoms with van der Waals surface area (Å²) in [7, 11) is 0. The topological polar surface area (TPSA) is 84.7 Å². The Bertz CT molecular complexity index is 785. The van der Waals surface area contributed by atoms with Crippen LogP contribution in [0.4, 0.5) is 19.0 Å². The molecule has 1 N–H and O–H groups in total. The molecule has 1 saturated heterocycles. The minimum absolute atomic E-state index is 0.0140. The fourth-order valence-corrected chi connectivity index (χ4v) is 2.71. The molecule has 26 heavy (non-hydrogen) atoms. The van der Waals surface area contributed by atoms with Gasteiger partial charge in [-0.25, -0.2) is 4.98 Å². The van der Waals surface area contributed by atoms with Gasteiger partial charge in [-0.05, 0) is 5.92 Å². The van der Waals surface area contributed by atoms with Gasteiger partial charge in [0.2, 0.25) is 5.91 Å². The van der Waals surface area contributed by atoms with Crippen molar-refractivity contribution in [1.29, 1.82) is 0 Å². The molecule has 3 heterocycles. The first kappa shape index (κ1) is 18.4. The molecule has 2 aromatic heterocycles. The number of carbonyl (C=O) groups is 1. The number of fused-ring (bicyclic) bond motifs is 1. The van der Waals surface area contributed by atoms with Crippen molar-refractivity contribution in [2.24, 2.45) is 5.92 Å². The van der Waals surface area contributed by atoms with E-state index in [2.05, 4.69) is 20.4 Å². The van der Waals surface area contributed by atoms with Crippen molar-refractivity contribution in [3.8, 4) is 0 Å². The smallest absolute Gasteiger partial charge is 0.378 e. The van der Waals surface area contributed by atoms with E-state index in [9.17, 15) is 18.0 Å². The predicted octanol–water partition coefficient (Wildman–Crippen LogP) is 1.44. The molecule has 0 saturated carbocycles. The maximum Gasteiger partial charge on any atom is 0.433 e. The largest absolute Gasteiger partial charge is 0.433 e. The highest BCUT2D eigenvalue weighted by Crippen LogP contribution is 2.30. The van der Waals surface area contributed by atoms with Crippen LogP contribution in [0.5, 0.6) is 0 Å². The average Bonchev–Trinajstić information content (AvgIpc) is 3.07. The summed E-state index contributed by atoms with van der Waals surface area (Å²) in [6.45, 7) is 5.43. The third kappa shape index (κ3) is 3.71. The maximum atomic E-state index is 13.1. The number of morpholine rings is 1. The van der Waals surface area contributed by atoms with Crippen molar-refractivity contribution in [2.45, 2.75) is 26.1 Å². The van der Waals surface area contributed by atoms with Crippen LogP contribution < -0.4 is 5.32 Å². The number of alkyl halides is 3. The molecule has 0 aromatic carbocycles. The SMILES string of the molecule is CC(C)C(Nc1cc(C(F)(F)F)nc2ncnn12)C(=O)N1CCOCC1. The fourth-order valence-electron chi connectivity index (χ4n) is 2.71. The highest BCUT2D eigenvalue weighted by molar-refractivity contribution is 5.85. The van der Waals surface area contributed by atoms with E-state index in [4.69, 9.17) is 4.74 Å². The second-order valence-corrected chi connectivity index (χ2v) is 6.30. The van der Waals surface area contributed by atoms with Gasteiger partial charge in [0.1, 0.15) is 18.2 Å². The Morgan fingerprint density at radius 1 is 1.31 bits per heavy atom. The summed E-state index contributed by atoms with van der Waals surface area (Å²) < 4.78 is 45.7. The molecule has 1 aliphatic heterocycles. The number of nitrogens with one attached hydrogen (secondary N) is 1. The number of nitrogens with zero attached hydrogens (tertiary/aromatic N) is 5. The minimum atomic E-state index is -4.63. The zero-order valence-corrected chi connectivity index (χ0v) is 14.3. The van der Waals surface area contributed by atoms with Crippen LogP contribution in [0.3, 0.4) is 0 Å². The highest BCUT2D eigenvalue weighted by Gasteiger charge is 2.35. The lowest BCUT2D eigenvalue weighted by atomic mass is 10.0. The number of halogens is 3. The van der Waals surface area contributed by atoms with E-state index in [1.807, 2.05) is 13.8 Å². The van der Waals surface area contributed by atoms with Gasteiger partial charge in [-0.3, -0.25) is 4.79 Å². The number of aromatic nitrogens is 4. The second kappa shape index (κ2) is 7.06. The Balaban J connectivity index is 1.93. The number of carbonyl (C=O) groups excluding carboxylic acids is 1. The Hall–Kier alpha value is -2.43. The summed E-state index contributed by atoms with van der Waals surface area (Å²) in [6.07, 6.45) is -3.52. The average molecular weight is 372 g/mol. The molecule has 0 aliphatic carbocycles. The van der Waals surface area contributed by atoms with E-state index in [1.54, 1.807) is 4.90 Å². The van der Waals surface area contributed by atoms with E-state index in [1.165, 1.54) is 0 Å². The number of ether oxygens (including phenoxy) is 1. The van der Waals surface area contributed by atoms with E-state index >= 15 is 0 Å². The van der Waals surface area contributed by atoms with Gasteiger partial charge in [0, 0.05) is 19.2 Å². The van der Waals surface area contributed by atoms with Crippen LogP contribution in [-0.2, 0) is 15.7 Å². The number of anilines is 1. The van der Waals surface area contributed by atoms with Gasteiger partial charge >= 0.3 is 6.18 Å². The van der Waals surface area contributed by atoms with Crippen molar-refractivity contribution < 1.29 is 22.7 Å². The van der Waals surface area contributed by atoms with Gasteiger partial charge in [-0.15, -0.1) is 0 Å². The summed E-state index contributed by atoms with van der Waals surface area (Å²) in [5, 5.41) is 6.80. The molecule has 1 aliphatic rings. The summed E-state index contributed by atoms with van der Waals surface area (Å²) >= 11 is 0. The molecule has 2 aromatic rings. The van der Waals surface area contributed by atoms with Crippen molar-refractivity contribution in [2.75, 3.05) is 31.6 Å². The molecule has 0 radical (unpaired) electrons. The zero-order chi connectivity index (χ0) is 18.9. The lowest BCUT2D eigenvalue weighted by Gasteiger charge is -2.32. The van der Waals surface area contributed by atoms with Crippen LogP contribution >= 0.6 is 0 Å². The van der Waals surface area contributed by atoms with Crippen LogP contribution in [0, 0.1) is 5.92 Å². The number of hydrogen-bond acceptors (Lipinski definition) is 6. The molecule has 3 rings (SSSR count). The summed E-state index contributed by atoms with van der Waals surface area (Å²) in [5.41, 5.74) is -1.10. The first-order valence-electron chi connectivity index (χ1n) is 8.18. The Morgan fingerprint density at radius 2 is 2.00 bits per heavy atom. The normalized spacial score (nSPS) is 16.9. The van der Waals surface area contributed by atoms with E-state index < -0.39 is 17.9 Å². The number of hydrogen-bond donors (Lipinski definition) is 1. The van der Waals surface area contributed by atoms with E-state index in [-0.39, 0.29) is 23.4 Å². The zero-order valence-electron chi connectivity index (χ0n) is 14.3. The molecule has 1 amide bonds. The molecule has 0 spiro atoms. The molecule has 11 heteroatoms. The van der Waals surface area contributed by atoms with Crippen molar-refractivity contribution in [3.63, 3.8) is 0 Å². The van der Waals surface area contributed by atoms with Gasteiger partial charge < -0.3 is 15.0 Å². The van der Waals surface area contributed by atoms with Gasteiger partial charge in [0.25, 0.3) is 5.78 Å². The van der Waals surface area contributed by atoms with Crippen molar-refractivity contribution in [1.82, 2.24) is 24.5 Å². The molecule has 8 nitrogen and oxygen atoms in total. The molecule has 1 unspecified atom stereocenters. The van der Waals surface area contributed by atoms with Gasteiger partial charge in [-0.1, -0.05) is 13.8 Å². The lowest BCUT2D eigenvalue weighted by Crippen LogP contribution is -2.50. The molecular weight excluding hydrogens is 353 g/mol. The van der Waals surface area contributed by atoms with Crippen LogP contribution in [-0.4, -0.2) is 62.7 Å². The molecule has 142 valence electrons. The molecule has 1 fully saturated rings. The highest BCUT2D eigenvalue weighted by atomic mass is 19.4.